The maximum absolute atomic E-state index is 13.6. The van der Waals surface area contributed by atoms with E-state index < -0.39 is 13.0 Å². The summed E-state index contributed by atoms with van der Waals surface area (Å²) < 4.78 is 23.4. The normalized spacial score (nSPS) is 38.7. The zero-order chi connectivity index (χ0) is 18.6. The highest BCUT2D eigenvalue weighted by Gasteiger charge is 2.54. The van der Waals surface area contributed by atoms with Crippen molar-refractivity contribution in [1.29, 1.82) is 0 Å². The Kier molecular flexibility index (Phi) is 4.98. The average molecular weight is 368 g/mol. The molecule has 3 aliphatic rings. The predicted octanol–water partition coefficient (Wildman–Crippen LogP) is 4.11. The summed E-state index contributed by atoms with van der Waals surface area (Å²) in [6.07, 6.45) is 6.73. The highest BCUT2D eigenvalue weighted by Crippen LogP contribution is 2.63. The minimum atomic E-state index is -2.66. The van der Waals surface area contributed by atoms with E-state index in [1.807, 2.05) is 46.8 Å². The van der Waals surface area contributed by atoms with Crippen molar-refractivity contribution in [2.75, 3.05) is 14.1 Å². The third kappa shape index (κ3) is 3.48. The predicted molar refractivity (Wildman–Crippen MR) is 100 cm³/mol. The van der Waals surface area contributed by atoms with E-state index >= 15 is 0 Å². The zero-order valence-electron chi connectivity index (χ0n) is 16.4. The quantitative estimate of drug-likeness (QED) is 0.554. The van der Waals surface area contributed by atoms with Crippen LogP contribution in [0, 0.1) is 17.8 Å². The summed E-state index contributed by atoms with van der Waals surface area (Å²) in [7, 11) is 1.34. The van der Waals surface area contributed by atoms with Gasteiger partial charge in [0, 0.05) is 17.9 Å². The number of fused-ring (bicyclic) bond motifs is 1. The van der Waals surface area contributed by atoms with Gasteiger partial charge in [-0.3, -0.25) is 9.36 Å². The molecule has 5 atom stereocenters. The highest BCUT2D eigenvalue weighted by atomic mass is 31.2. The van der Waals surface area contributed by atoms with Crippen LogP contribution in [0.25, 0.3) is 0 Å². The van der Waals surface area contributed by atoms with Gasteiger partial charge in [-0.1, -0.05) is 25.8 Å². The van der Waals surface area contributed by atoms with E-state index in [0.717, 1.165) is 12.8 Å². The van der Waals surface area contributed by atoms with Crippen molar-refractivity contribution in [2.24, 2.45) is 17.8 Å². The molecule has 0 amide bonds. The Balaban J connectivity index is 1.69. The number of nitrogens with zero attached hydrogens (tertiary/aromatic N) is 2. The lowest BCUT2D eigenvalue weighted by Crippen LogP contribution is -2.37. The van der Waals surface area contributed by atoms with E-state index in [0.29, 0.717) is 12.1 Å². The van der Waals surface area contributed by atoms with Gasteiger partial charge in [-0.25, -0.2) is 9.34 Å². The van der Waals surface area contributed by atoms with Crippen molar-refractivity contribution >= 4 is 13.4 Å². The summed E-state index contributed by atoms with van der Waals surface area (Å²) in [5.41, 5.74) is -0.456. The smallest absolute Gasteiger partial charge is 0.310 e. The summed E-state index contributed by atoms with van der Waals surface area (Å²) in [5, 5.41) is 0. The van der Waals surface area contributed by atoms with Crippen LogP contribution in [0.15, 0.2) is 11.9 Å². The Bertz CT molecular complexity index is 590. The average Bonchev–Trinajstić information content (AvgIpc) is 3.14. The van der Waals surface area contributed by atoms with Crippen LogP contribution >= 0.6 is 7.44 Å². The molecule has 3 rings (SSSR count). The molecule has 2 aliphatic carbocycles. The van der Waals surface area contributed by atoms with Crippen LogP contribution in [0.2, 0.25) is 0 Å². The van der Waals surface area contributed by atoms with Gasteiger partial charge < -0.3 is 4.74 Å². The number of hydrogen-bond donors (Lipinski definition) is 0. The van der Waals surface area contributed by atoms with Crippen LogP contribution in [-0.2, 0) is 14.1 Å². The fourth-order valence-electron chi connectivity index (χ4n) is 4.56. The van der Waals surface area contributed by atoms with E-state index in [4.69, 9.17) is 4.74 Å². The first-order valence-corrected chi connectivity index (χ1v) is 11.2. The molecule has 0 unspecified atom stereocenters. The zero-order valence-corrected chi connectivity index (χ0v) is 17.3. The lowest BCUT2D eigenvalue weighted by Gasteiger charge is -2.28. The van der Waals surface area contributed by atoms with Crippen molar-refractivity contribution in [2.45, 2.75) is 71.1 Å². The molecule has 0 N–H and O–H groups in total. The molecule has 6 heteroatoms. The van der Waals surface area contributed by atoms with Crippen LogP contribution < -0.4 is 0 Å². The van der Waals surface area contributed by atoms with Crippen LogP contribution in [0.3, 0.4) is 0 Å². The Labute approximate surface area is 152 Å². The lowest BCUT2D eigenvalue weighted by atomic mass is 9.91. The second kappa shape index (κ2) is 6.51. The van der Waals surface area contributed by atoms with E-state index in [-0.39, 0.29) is 23.7 Å². The number of likely N-dealkylation sites (N-methyl/N-ethyl adjacent to an activating group) is 2. The number of allylic oxidation sites excluding steroid dienone is 1. The van der Waals surface area contributed by atoms with Crippen molar-refractivity contribution in [3.05, 3.63) is 11.9 Å². The number of carbonyl (C=O) groups excluding carboxylic acids is 1. The topological polar surface area (TPSA) is 49.9 Å². The number of hydrogen-bond acceptors (Lipinski definition) is 3. The molecule has 0 aromatic carbocycles. The molecule has 0 radical (unpaired) electrons. The number of esters is 1. The number of carbonyl (C=O) groups is 1. The van der Waals surface area contributed by atoms with E-state index in [9.17, 15) is 9.36 Å². The molecule has 1 heterocycles. The molecule has 1 saturated heterocycles. The minimum Gasteiger partial charge on any atom is -0.460 e. The summed E-state index contributed by atoms with van der Waals surface area (Å²) in [6.45, 7) is 7.75. The fraction of sp³-hybridized carbons (Fsp3) is 0.842. The summed E-state index contributed by atoms with van der Waals surface area (Å²) in [5.74, 6) is 2.08. The number of rotatable bonds is 3. The maximum atomic E-state index is 13.6. The molecule has 25 heavy (non-hydrogen) atoms. The SMILES string of the molecule is C[C@@H]1[C@H](/C=C/P2(=O)N(C)[C@H]3CCCC[C@@H]3N2C)[C@H]1C(=O)OC(C)(C)C. The van der Waals surface area contributed by atoms with E-state index in [1.54, 1.807) is 0 Å². The summed E-state index contributed by atoms with van der Waals surface area (Å²) >= 11 is 0. The van der Waals surface area contributed by atoms with Crippen molar-refractivity contribution in [1.82, 2.24) is 9.34 Å². The van der Waals surface area contributed by atoms with Crippen LogP contribution in [0.5, 0.6) is 0 Å². The van der Waals surface area contributed by atoms with Crippen LogP contribution in [-0.4, -0.2) is 47.1 Å². The standard InChI is InChI=1S/C19H33N2O3P/c1-13-14(17(13)18(22)24-19(2,3)4)11-12-25(23)20(5)15-9-7-8-10-16(15)21(25)6/h11-17H,7-10H2,1-6H3/b12-11+/t13-,14+,15+,16+,17+/m1/s1. The second-order valence-corrected chi connectivity index (χ2v) is 11.7. The molecule has 0 bridgehead atoms. The first kappa shape index (κ1) is 19.1. The molecular formula is C19H33N2O3P. The first-order valence-electron chi connectivity index (χ1n) is 9.55. The Morgan fingerprint density at radius 1 is 1.12 bits per heavy atom. The van der Waals surface area contributed by atoms with Crippen molar-refractivity contribution in [3.8, 4) is 0 Å². The van der Waals surface area contributed by atoms with Crippen LogP contribution in [0.1, 0.15) is 53.4 Å². The Morgan fingerprint density at radius 2 is 1.64 bits per heavy atom. The first-order chi connectivity index (χ1) is 11.6. The van der Waals surface area contributed by atoms with E-state index in [1.165, 1.54) is 12.8 Å². The highest BCUT2D eigenvalue weighted by molar-refractivity contribution is 7.62. The molecular weight excluding hydrogens is 335 g/mol. The largest absolute Gasteiger partial charge is 0.460 e. The molecule has 1 aliphatic heterocycles. The maximum Gasteiger partial charge on any atom is 0.310 e. The molecule has 0 spiro atoms. The monoisotopic (exact) mass is 368 g/mol. The molecule has 0 aromatic heterocycles. The third-order valence-corrected chi connectivity index (χ3v) is 9.15. The van der Waals surface area contributed by atoms with Gasteiger partial charge in [-0.05, 0) is 59.5 Å². The van der Waals surface area contributed by atoms with Gasteiger partial charge in [0.05, 0.1) is 5.92 Å². The van der Waals surface area contributed by atoms with Crippen LogP contribution in [0.4, 0.5) is 0 Å². The molecule has 0 aromatic rings. The lowest BCUT2D eigenvalue weighted by molar-refractivity contribution is -0.157. The summed E-state index contributed by atoms with van der Waals surface area (Å²) in [6, 6.07) is 0.792. The second-order valence-electron chi connectivity index (χ2n) is 8.99. The van der Waals surface area contributed by atoms with Gasteiger partial charge in [-0.15, -0.1) is 0 Å². The molecule has 5 nitrogen and oxygen atoms in total. The molecule has 2 saturated carbocycles. The Hall–Kier alpha value is -0.640. The summed E-state index contributed by atoms with van der Waals surface area (Å²) in [4.78, 5) is 12.3. The number of ether oxygens (including phenoxy) is 1. The molecule has 142 valence electrons. The third-order valence-electron chi connectivity index (χ3n) is 6.19. The van der Waals surface area contributed by atoms with Crippen molar-refractivity contribution < 1.29 is 14.1 Å². The van der Waals surface area contributed by atoms with Gasteiger partial charge in [0.1, 0.15) is 5.60 Å². The van der Waals surface area contributed by atoms with Gasteiger partial charge in [0.15, 0.2) is 0 Å². The van der Waals surface area contributed by atoms with Crippen molar-refractivity contribution in [3.63, 3.8) is 0 Å². The van der Waals surface area contributed by atoms with Gasteiger partial charge >= 0.3 is 5.97 Å². The minimum absolute atomic E-state index is 0.0948. The van der Waals surface area contributed by atoms with Gasteiger partial charge in [0.25, 0.3) is 0 Å². The molecule has 3 fully saturated rings. The van der Waals surface area contributed by atoms with Gasteiger partial charge in [0.2, 0.25) is 7.44 Å². The Morgan fingerprint density at radius 3 is 2.12 bits per heavy atom. The van der Waals surface area contributed by atoms with Gasteiger partial charge in [-0.2, -0.15) is 0 Å². The van der Waals surface area contributed by atoms with E-state index in [2.05, 4.69) is 16.3 Å². The fourth-order valence-corrected chi connectivity index (χ4v) is 7.24.